The van der Waals surface area contributed by atoms with Crippen LogP contribution in [0.15, 0.2) is 12.7 Å². The molecule has 1 aliphatic rings. The van der Waals surface area contributed by atoms with E-state index in [2.05, 4.69) is 12.0 Å². The van der Waals surface area contributed by atoms with Crippen molar-refractivity contribution in [3.8, 4) is 0 Å². The van der Waals surface area contributed by atoms with E-state index in [0.29, 0.717) is 12.1 Å². The Balaban J connectivity index is 2.12. The van der Waals surface area contributed by atoms with Crippen LogP contribution in [-0.4, -0.2) is 18.8 Å². The molecule has 0 aromatic rings. The van der Waals surface area contributed by atoms with Crippen LogP contribution < -0.4 is 11.3 Å². The summed E-state index contributed by atoms with van der Waals surface area (Å²) in [7, 11) is 0. The molecule has 94 valence electrons. The van der Waals surface area contributed by atoms with Crippen LogP contribution in [0.2, 0.25) is 0 Å². The molecule has 2 atom stereocenters. The largest absolute Gasteiger partial charge is 0.377 e. The van der Waals surface area contributed by atoms with Crippen molar-refractivity contribution in [2.75, 3.05) is 6.61 Å². The van der Waals surface area contributed by atoms with Crippen LogP contribution in [0, 0.1) is 0 Å². The lowest BCUT2D eigenvalue weighted by Gasteiger charge is -2.30. The Morgan fingerprint density at radius 1 is 1.38 bits per heavy atom. The van der Waals surface area contributed by atoms with Crippen molar-refractivity contribution >= 4 is 0 Å². The quantitative estimate of drug-likeness (QED) is 0.289. The average Bonchev–Trinajstić information content (AvgIpc) is 2.35. The molecule has 3 N–H and O–H groups in total. The summed E-state index contributed by atoms with van der Waals surface area (Å²) in [5.74, 6) is 5.60. The van der Waals surface area contributed by atoms with E-state index in [0.717, 1.165) is 25.9 Å². The summed E-state index contributed by atoms with van der Waals surface area (Å²) >= 11 is 0. The van der Waals surface area contributed by atoms with Crippen LogP contribution >= 0.6 is 0 Å². The lowest BCUT2D eigenvalue weighted by Crippen LogP contribution is -2.46. The maximum Gasteiger partial charge on any atom is 0.0741 e. The molecule has 3 heteroatoms. The van der Waals surface area contributed by atoms with Gasteiger partial charge in [-0.3, -0.25) is 11.3 Å². The molecular weight excluding hydrogens is 200 g/mol. The summed E-state index contributed by atoms with van der Waals surface area (Å²) < 4.78 is 5.75. The predicted octanol–water partition coefficient (Wildman–Crippen LogP) is 2.52. The average molecular weight is 226 g/mol. The third-order valence-electron chi connectivity index (χ3n) is 3.30. The summed E-state index contributed by atoms with van der Waals surface area (Å²) in [5.41, 5.74) is 2.92. The van der Waals surface area contributed by atoms with E-state index in [-0.39, 0.29) is 0 Å². The zero-order valence-electron chi connectivity index (χ0n) is 10.3. The van der Waals surface area contributed by atoms with Gasteiger partial charge in [-0.05, 0) is 38.5 Å². The number of nitrogens with two attached hydrogens (primary N) is 1. The second-order valence-corrected chi connectivity index (χ2v) is 4.60. The Bertz CT molecular complexity index is 179. The highest BCUT2D eigenvalue weighted by atomic mass is 16.5. The monoisotopic (exact) mass is 226 g/mol. The van der Waals surface area contributed by atoms with Crippen LogP contribution in [0.25, 0.3) is 0 Å². The minimum absolute atomic E-state index is 0.332. The van der Waals surface area contributed by atoms with Gasteiger partial charge in [-0.2, -0.15) is 0 Å². The van der Waals surface area contributed by atoms with E-state index in [4.69, 9.17) is 10.6 Å². The molecule has 1 heterocycles. The topological polar surface area (TPSA) is 47.3 Å². The lowest BCUT2D eigenvalue weighted by atomic mass is 9.97. The Morgan fingerprint density at radius 2 is 2.25 bits per heavy atom. The standard InChI is InChI=1S/C13H26N2O/c1-2-3-4-5-6-9-12(15-14)13-10-7-8-11-16-13/h2,12-13,15H,1,3-11,14H2. The molecule has 2 unspecified atom stereocenters. The van der Waals surface area contributed by atoms with Gasteiger partial charge in [-0.1, -0.05) is 18.9 Å². The highest BCUT2D eigenvalue weighted by molar-refractivity contribution is 4.77. The summed E-state index contributed by atoms with van der Waals surface area (Å²) in [6.07, 6.45) is 11.9. The van der Waals surface area contributed by atoms with Crippen molar-refractivity contribution in [3.05, 3.63) is 12.7 Å². The lowest BCUT2D eigenvalue weighted by molar-refractivity contribution is -0.00977. The molecule has 0 bridgehead atoms. The van der Waals surface area contributed by atoms with Gasteiger partial charge in [0.2, 0.25) is 0 Å². The number of hydrazine groups is 1. The van der Waals surface area contributed by atoms with Crippen molar-refractivity contribution in [2.24, 2.45) is 5.84 Å². The number of unbranched alkanes of at least 4 members (excludes halogenated alkanes) is 3. The molecule has 1 saturated heterocycles. The van der Waals surface area contributed by atoms with Crippen molar-refractivity contribution in [1.82, 2.24) is 5.43 Å². The molecule has 1 aliphatic heterocycles. The first-order valence-electron chi connectivity index (χ1n) is 6.57. The van der Waals surface area contributed by atoms with E-state index >= 15 is 0 Å². The fourth-order valence-electron chi connectivity index (χ4n) is 2.29. The van der Waals surface area contributed by atoms with Gasteiger partial charge in [-0.15, -0.1) is 6.58 Å². The predicted molar refractivity (Wildman–Crippen MR) is 68.0 cm³/mol. The van der Waals surface area contributed by atoms with Gasteiger partial charge < -0.3 is 4.74 Å². The second-order valence-electron chi connectivity index (χ2n) is 4.60. The third-order valence-corrected chi connectivity index (χ3v) is 3.30. The summed E-state index contributed by atoms with van der Waals surface area (Å²) in [6, 6.07) is 0.337. The molecule has 0 aromatic carbocycles. The van der Waals surface area contributed by atoms with Crippen LogP contribution in [0.5, 0.6) is 0 Å². The minimum atomic E-state index is 0.332. The van der Waals surface area contributed by atoms with Crippen molar-refractivity contribution in [3.63, 3.8) is 0 Å². The molecule has 0 radical (unpaired) electrons. The molecular formula is C13H26N2O. The van der Waals surface area contributed by atoms with Crippen molar-refractivity contribution < 1.29 is 4.74 Å². The first kappa shape index (κ1) is 13.7. The number of allylic oxidation sites excluding steroid dienone is 1. The van der Waals surface area contributed by atoms with Crippen LogP contribution in [0.1, 0.15) is 51.4 Å². The first-order valence-corrected chi connectivity index (χ1v) is 6.57. The van der Waals surface area contributed by atoms with E-state index < -0.39 is 0 Å². The van der Waals surface area contributed by atoms with Crippen molar-refractivity contribution in [2.45, 2.75) is 63.5 Å². The summed E-state index contributed by atoms with van der Waals surface area (Å²) in [6.45, 7) is 4.63. The second kappa shape index (κ2) is 8.74. The smallest absolute Gasteiger partial charge is 0.0741 e. The van der Waals surface area contributed by atoms with Gasteiger partial charge >= 0.3 is 0 Å². The Kier molecular flexibility index (Phi) is 7.47. The number of nitrogens with one attached hydrogen (secondary N) is 1. The number of rotatable bonds is 8. The van der Waals surface area contributed by atoms with Gasteiger partial charge in [0.05, 0.1) is 6.10 Å². The van der Waals surface area contributed by atoms with Crippen LogP contribution in [0.3, 0.4) is 0 Å². The molecule has 1 rings (SSSR count). The van der Waals surface area contributed by atoms with Gasteiger partial charge in [0.15, 0.2) is 0 Å². The van der Waals surface area contributed by atoms with Gasteiger partial charge in [0.1, 0.15) is 0 Å². The molecule has 0 saturated carbocycles. The molecule has 0 aromatic heterocycles. The van der Waals surface area contributed by atoms with E-state index in [1.807, 2.05) is 6.08 Å². The Labute approximate surface area is 99.4 Å². The van der Waals surface area contributed by atoms with Crippen molar-refractivity contribution in [1.29, 1.82) is 0 Å². The first-order chi connectivity index (χ1) is 7.88. The highest BCUT2D eigenvalue weighted by Gasteiger charge is 2.22. The fourth-order valence-corrected chi connectivity index (χ4v) is 2.29. The maximum atomic E-state index is 5.75. The molecule has 0 aliphatic carbocycles. The van der Waals surface area contributed by atoms with E-state index in [1.54, 1.807) is 0 Å². The Morgan fingerprint density at radius 3 is 2.88 bits per heavy atom. The maximum absolute atomic E-state index is 5.75. The van der Waals surface area contributed by atoms with Crippen LogP contribution in [0.4, 0.5) is 0 Å². The van der Waals surface area contributed by atoms with Crippen LogP contribution in [-0.2, 0) is 4.74 Å². The normalized spacial score (nSPS) is 22.9. The van der Waals surface area contributed by atoms with Gasteiger partial charge in [-0.25, -0.2) is 0 Å². The molecule has 0 spiro atoms. The fraction of sp³-hybridized carbons (Fsp3) is 0.846. The zero-order chi connectivity index (χ0) is 11.6. The SMILES string of the molecule is C=CCCCCCC(NN)C1CCCCO1. The zero-order valence-corrected chi connectivity index (χ0v) is 10.3. The number of hydrogen-bond acceptors (Lipinski definition) is 3. The molecule has 3 nitrogen and oxygen atoms in total. The minimum Gasteiger partial charge on any atom is -0.377 e. The van der Waals surface area contributed by atoms with Gasteiger partial charge in [0.25, 0.3) is 0 Å². The summed E-state index contributed by atoms with van der Waals surface area (Å²) in [5, 5.41) is 0. The third kappa shape index (κ3) is 5.10. The van der Waals surface area contributed by atoms with E-state index in [9.17, 15) is 0 Å². The highest BCUT2D eigenvalue weighted by Crippen LogP contribution is 2.19. The summed E-state index contributed by atoms with van der Waals surface area (Å²) in [4.78, 5) is 0. The molecule has 1 fully saturated rings. The molecule has 16 heavy (non-hydrogen) atoms. The Hall–Kier alpha value is -0.380. The molecule has 0 amide bonds. The van der Waals surface area contributed by atoms with E-state index in [1.165, 1.54) is 32.1 Å². The van der Waals surface area contributed by atoms with Gasteiger partial charge in [0, 0.05) is 12.6 Å². The number of hydrogen-bond donors (Lipinski definition) is 2. The number of ether oxygens (including phenoxy) is 1.